The molecule has 0 atom stereocenters. The molecule has 1 aliphatic heterocycles. The van der Waals surface area contributed by atoms with Crippen molar-refractivity contribution in [2.75, 3.05) is 38.1 Å². The molecule has 1 saturated carbocycles. The first-order chi connectivity index (χ1) is 8.81. The van der Waals surface area contributed by atoms with E-state index in [-0.39, 0.29) is 0 Å². The van der Waals surface area contributed by atoms with Crippen LogP contribution in [0.25, 0.3) is 0 Å². The first-order valence-electron chi connectivity index (χ1n) is 7.07. The summed E-state index contributed by atoms with van der Waals surface area (Å²) in [5, 5.41) is 3.56. The molecule has 1 aromatic rings. The second-order valence-electron chi connectivity index (χ2n) is 5.61. The van der Waals surface area contributed by atoms with Gasteiger partial charge in [-0.2, -0.15) is 0 Å². The Morgan fingerprint density at radius 3 is 2.33 bits per heavy atom. The van der Waals surface area contributed by atoms with Crippen molar-refractivity contribution in [1.29, 1.82) is 0 Å². The van der Waals surface area contributed by atoms with Crippen molar-refractivity contribution in [2.24, 2.45) is 0 Å². The Kier molecular flexibility index (Phi) is 3.52. The molecule has 1 N–H and O–H groups in total. The van der Waals surface area contributed by atoms with Gasteiger partial charge in [-0.05, 0) is 37.6 Å². The van der Waals surface area contributed by atoms with E-state index in [2.05, 4.69) is 46.4 Å². The van der Waals surface area contributed by atoms with Crippen LogP contribution in [0.4, 0.5) is 5.69 Å². The van der Waals surface area contributed by atoms with Crippen LogP contribution in [0.1, 0.15) is 18.4 Å². The van der Waals surface area contributed by atoms with Crippen molar-refractivity contribution in [1.82, 2.24) is 10.2 Å². The summed E-state index contributed by atoms with van der Waals surface area (Å²) in [6.07, 6.45) is 2.72. The molecule has 3 heteroatoms. The zero-order chi connectivity index (χ0) is 12.4. The first kappa shape index (κ1) is 12.0. The molecule has 0 bridgehead atoms. The predicted molar refractivity (Wildman–Crippen MR) is 76.0 cm³/mol. The molecule has 3 rings (SSSR count). The fourth-order valence-electron chi connectivity index (χ4n) is 2.44. The Bertz CT molecular complexity index is 375. The molecule has 2 aliphatic rings. The van der Waals surface area contributed by atoms with Crippen LogP contribution >= 0.6 is 0 Å². The molecule has 3 nitrogen and oxygen atoms in total. The van der Waals surface area contributed by atoms with Crippen LogP contribution in [-0.4, -0.2) is 44.2 Å². The highest BCUT2D eigenvalue weighted by atomic mass is 15.2. The number of rotatable bonds is 4. The third kappa shape index (κ3) is 3.03. The van der Waals surface area contributed by atoms with E-state index in [4.69, 9.17) is 0 Å². The molecule has 0 amide bonds. The maximum atomic E-state index is 3.56. The largest absolute Gasteiger partial charge is 0.369 e. The summed E-state index contributed by atoms with van der Waals surface area (Å²) in [4.78, 5) is 4.88. The molecule has 0 unspecified atom stereocenters. The number of nitrogens with zero attached hydrogens (tertiary/aromatic N) is 2. The normalized spacial score (nSPS) is 21.3. The summed E-state index contributed by atoms with van der Waals surface area (Å²) in [6.45, 7) is 5.66. The van der Waals surface area contributed by atoms with Crippen molar-refractivity contribution >= 4 is 5.69 Å². The Morgan fingerprint density at radius 1 is 1.06 bits per heavy atom. The maximum Gasteiger partial charge on any atom is 0.0367 e. The van der Waals surface area contributed by atoms with Gasteiger partial charge >= 0.3 is 0 Å². The topological polar surface area (TPSA) is 18.5 Å². The van der Waals surface area contributed by atoms with Gasteiger partial charge < -0.3 is 15.1 Å². The van der Waals surface area contributed by atoms with Crippen LogP contribution in [0.5, 0.6) is 0 Å². The summed E-state index contributed by atoms with van der Waals surface area (Å²) < 4.78 is 0. The van der Waals surface area contributed by atoms with Gasteiger partial charge in [-0.25, -0.2) is 0 Å². The van der Waals surface area contributed by atoms with Crippen molar-refractivity contribution < 1.29 is 0 Å². The quantitative estimate of drug-likeness (QED) is 0.871. The van der Waals surface area contributed by atoms with Crippen LogP contribution < -0.4 is 10.2 Å². The first-order valence-corrected chi connectivity index (χ1v) is 7.07. The molecular formula is C15H23N3. The number of hydrogen-bond donors (Lipinski definition) is 1. The molecule has 1 saturated heterocycles. The molecule has 1 aromatic carbocycles. The minimum atomic E-state index is 0.794. The predicted octanol–water partition coefficient (Wildman–Crippen LogP) is 1.69. The molecule has 0 aromatic heterocycles. The van der Waals surface area contributed by atoms with Gasteiger partial charge in [-0.3, -0.25) is 0 Å². The van der Waals surface area contributed by atoms with E-state index in [1.54, 1.807) is 0 Å². The number of likely N-dealkylation sites (N-methyl/N-ethyl adjacent to an activating group) is 1. The van der Waals surface area contributed by atoms with Crippen molar-refractivity contribution in [3.8, 4) is 0 Å². The van der Waals surface area contributed by atoms with Crippen molar-refractivity contribution in [3.05, 3.63) is 29.8 Å². The van der Waals surface area contributed by atoms with E-state index >= 15 is 0 Å². The minimum absolute atomic E-state index is 0.794. The zero-order valence-corrected chi connectivity index (χ0v) is 11.2. The average Bonchev–Trinajstić information content (AvgIpc) is 3.22. The van der Waals surface area contributed by atoms with E-state index in [0.717, 1.165) is 25.7 Å². The van der Waals surface area contributed by atoms with E-state index in [1.807, 2.05) is 0 Å². The van der Waals surface area contributed by atoms with Gasteiger partial charge in [0.15, 0.2) is 0 Å². The van der Waals surface area contributed by atoms with Crippen LogP contribution in [-0.2, 0) is 6.54 Å². The fraction of sp³-hybridized carbons (Fsp3) is 0.600. The highest BCUT2D eigenvalue weighted by Crippen LogP contribution is 2.20. The number of nitrogens with one attached hydrogen (secondary N) is 1. The van der Waals surface area contributed by atoms with Crippen molar-refractivity contribution in [2.45, 2.75) is 25.4 Å². The lowest BCUT2D eigenvalue weighted by Crippen LogP contribution is -2.44. The second kappa shape index (κ2) is 5.29. The van der Waals surface area contributed by atoms with E-state index in [0.29, 0.717) is 0 Å². The van der Waals surface area contributed by atoms with E-state index in [9.17, 15) is 0 Å². The van der Waals surface area contributed by atoms with E-state index in [1.165, 1.54) is 37.2 Å². The molecule has 18 heavy (non-hydrogen) atoms. The number of hydrogen-bond acceptors (Lipinski definition) is 3. The molecular weight excluding hydrogens is 222 g/mol. The highest BCUT2D eigenvalue weighted by molar-refractivity contribution is 5.48. The molecule has 98 valence electrons. The van der Waals surface area contributed by atoms with Gasteiger partial charge in [-0.1, -0.05) is 12.1 Å². The number of piperazine rings is 1. The highest BCUT2D eigenvalue weighted by Gasteiger charge is 2.20. The van der Waals surface area contributed by atoms with Crippen molar-refractivity contribution in [3.63, 3.8) is 0 Å². The summed E-state index contributed by atoms with van der Waals surface area (Å²) in [7, 11) is 2.20. The third-order valence-corrected chi connectivity index (χ3v) is 3.98. The molecule has 2 fully saturated rings. The SMILES string of the molecule is CN1CCN(c2ccc(CNC3CC3)cc2)CC1. The number of benzene rings is 1. The second-order valence-corrected chi connectivity index (χ2v) is 5.61. The zero-order valence-electron chi connectivity index (χ0n) is 11.2. The summed E-state index contributed by atoms with van der Waals surface area (Å²) >= 11 is 0. The summed E-state index contributed by atoms with van der Waals surface area (Å²) in [5.41, 5.74) is 2.78. The van der Waals surface area contributed by atoms with Gasteiger partial charge in [0.25, 0.3) is 0 Å². The molecule has 1 heterocycles. The van der Waals surface area contributed by atoms with Gasteiger partial charge in [0.05, 0.1) is 0 Å². The van der Waals surface area contributed by atoms with Gasteiger partial charge in [0.1, 0.15) is 0 Å². The minimum Gasteiger partial charge on any atom is -0.369 e. The monoisotopic (exact) mass is 245 g/mol. The number of anilines is 1. The molecule has 0 radical (unpaired) electrons. The van der Waals surface area contributed by atoms with Crippen LogP contribution in [0.3, 0.4) is 0 Å². The smallest absolute Gasteiger partial charge is 0.0367 e. The van der Waals surface area contributed by atoms with Gasteiger partial charge in [-0.15, -0.1) is 0 Å². The van der Waals surface area contributed by atoms with Crippen LogP contribution in [0, 0.1) is 0 Å². The standard InChI is InChI=1S/C15H23N3/c1-17-8-10-18(11-9-17)15-6-2-13(3-7-15)12-16-14-4-5-14/h2-3,6-7,14,16H,4-5,8-12H2,1H3. The lowest BCUT2D eigenvalue weighted by molar-refractivity contribution is 0.313. The lowest BCUT2D eigenvalue weighted by atomic mass is 10.2. The average molecular weight is 245 g/mol. The Morgan fingerprint density at radius 2 is 1.72 bits per heavy atom. The Labute approximate surface area is 110 Å². The van der Waals surface area contributed by atoms with E-state index < -0.39 is 0 Å². The molecule has 1 aliphatic carbocycles. The third-order valence-electron chi connectivity index (χ3n) is 3.98. The Balaban J connectivity index is 1.56. The summed E-state index contributed by atoms with van der Waals surface area (Å²) in [5.74, 6) is 0. The van der Waals surface area contributed by atoms with Gasteiger partial charge in [0.2, 0.25) is 0 Å². The van der Waals surface area contributed by atoms with Crippen LogP contribution in [0.2, 0.25) is 0 Å². The van der Waals surface area contributed by atoms with Gasteiger partial charge in [0, 0.05) is 44.5 Å². The summed E-state index contributed by atoms with van der Waals surface area (Å²) in [6, 6.07) is 9.87. The lowest BCUT2D eigenvalue weighted by Gasteiger charge is -2.34. The maximum absolute atomic E-state index is 3.56. The Hall–Kier alpha value is -1.06. The van der Waals surface area contributed by atoms with Crippen LogP contribution in [0.15, 0.2) is 24.3 Å². The fourth-order valence-corrected chi connectivity index (χ4v) is 2.44. The molecule has 0 spiro atoms.